The Morgan fingerprint density at radius 1 is 0.812 bits per heavy atom. The van der Waals surface area contributed by atoms with Gasteiger partial charge in [-0.05, 0) is 88.1 Å². The number of hydrogen-bond acceptors (Lipinski definition) is 4. The number of sulfone groups is 1. The maximum Gasteiger partial charge on any atom is 0.261 e. The van der Waals surface area contributed by atoms with Gasteiger partial charge in [-0.1, -0.05) is 43.2 Å². The lowest BCUT2D eigenvalue weighted by Crippen LogP contribution is -2.34. The summed E-state index contributed by atoms with van der Waals surface area (Å²) in [4.78, 5) is 0.245. The Morgan fingerprint density at radius 2 is 1.38 bits per heavy atom. The van der Waals surface area contributed by atoms with E-state index in [-0.39, 0.29) is 10.8 Å². The minimum Gasteiger partial charge on any atom is -0.280 e. The molecule has 1 fully saturated rings. The van der Waals surface area contributed by atoms with Gasteiger partial charge in [-0.3, -0.25) is 4.72 Å². The molecule has 0 atom stereocenters. The topological polar surface area (TPSA) is 80.3 Å². The van der Waals surface area contributed by atoms with Crippen molar-refractivity contribution in [1.29, 1.82) is 0 Å². The van der Waals surface area contributed by atoms with Gasteiger partial charge in [0.2, 0.25) is 0 Å². The summed E-state index contributed by atoms with van der Waals surface area (Å²) in [5.74, 6) is 1.22. The van der Waals surface area contributed by atoms with Crippen LogP contribution in [-0.4, -0.2) is 27.3 Å². The summed E-state index contributed by atoms with van der Waals surface area (Å²) in [6.45, 7) is 5.35. The summed E-state index contributed by atoms with van der Waals surface area (Å²) in [7, 11) is -6.63. The Hall–Kier alpha value is -1.86. The fraction of sp³-hybridized carbons (Fsp3) is 0.520. The molecule has 0 spiro atoms. The molecule has 176 valence electrons. The molecule has 0 heterocycles. The number of nitrogens with one attached hydrogen (secondary N) is 1. The SMILES string of the molecule is CC(C)(C)S(=O)(=O)CC1CCC(CCc2ccc(NS(=O)(=O)c3ccccc3)cc2)CC1. The van der Waals surface area contributed by atoms with Crippen LogP contribution < -0.4 is 4.72 Å². The van der Waals surface area contributed by atoms with Crippen LogP contribution in [0.25, 0.3) is 0 Å². The highest BCUT2D eigenvalue weighted by Gasteiger charge is 2.33. The van der Waals surface area contributed by atoms with Crippen LogP contribution in [0.3, 0.4) is 0 Å². The van der Waals surface area contributed by atoms with Gasteiger partial charge in [0.15, 0.2) is 9.84 Å². The summed E-state index contributed by atoms with van der Waals surface area (Å²) in [6, 6.07) is 15.9. The van der Waals surface area contributed by atoms with Gasteiger partial charge in [0.1, 0.15) is 0 Å². The van der Waals surface area contributed by atoms with E-state index in [0.717, 1.165) is 38.5 Å². The highest BCUT2D eigenvalue weighted by molar-refractivity contribution is 7.93. The molecule has 0 aromatic heterocycles. The number of sulfonamides is 1. The largest absolute Gasteiger partial charge is 0.280 e. The third kappa shape index (κ3) is 6.58. The Bertz CT molecular complexity index is 1080. The molecule has 0 unspecified atom stereocenters. The Balaban J connectivity index is 1.46. The molecule has 1 aliphatic carbocycles. The van der Waals surface area contributed by atoms with Gasteiger partial charge in [0, 0.05) is 5.69 Å². The van der Waals surface area contributed by atoms with E-state index < -0.39 is 24.6 Å². The molecule has 0 radical (unpaired) electrons. The first-order valence-electron chi connectivity index (χ1n) is 11.4. The molecular weight excluding hydrogens is 442 g/mol. The monoisotopic (exact) mass is 477 g/mol. The minimum absolute atomic E-state index is 0.245. The normalized spacial score (nSPS) is 20.1. The zero-order valence-electron chi connectivity index (χ0n) is 19.3. The van der Waals surface area contributed by atoms with E-state index in [4.69, 9.17) is 0 Å². The molecule has 1 N–H and O–H groups in total. The van der Waals surface area contributed by atoms with Gasteiger partial charge in [-0.15, -0.1) is 0 Å². The number of aryl methyl sites for hydroxylation is 1. The van der Waals surface area contributed by atoms with Crippen LogP contribution in [0.1, 0.15) is 58.4 Å². The predicted molar refractivity (Wildman–Crippen MR) is 131 cm³/mol. The average molecular weight is 478 g/mol. The van der Waals surface area contributed by atoms with Crippen LogP contribution in [0.4, 0.5) is 5.69 Å². The third-order valence-electron chi connectivity index (χ3n) is 6.46. The van der Waals surface area contributed by atoms with E-state index in [1.54, 1.807) is 51.1 Å². The summed E-state index contributed by atoms with van der Waals surface area (Å²) >= 11 is 0. The lowest BCUT2D eigenvalue weighted by Gasteiger charge is -2.30. The third-order valence-corrected chi connectivity index (χ3v) is 10.6. The fourth-order valence-electron chi connectivity index (χ4n) is 4.17. The molecule has 3 rings (SSSR count). The van der Waals surface area contributed by atoms with Crippen molar-refractivity contribution in [3.05, 3.63) is 60.2 Å². The van der Waals surface area contributed by atoms with Gasteiger partial charge in [0.25, 0.3) is 10.0 Å². The smallest absolute Gasteiger partial charge is 0.261 e. The van der Waals surface area contributed by atoms with Crippen molar-refractivity contribution in [2.75, 3.05) is 10.5 Å². The van der Waals surface area contributed by atoms with Crippen molar-refractivity contribution < 1.29 is 16.8 Å². The van der Waals surface area contributed by atoms with Crippen molar-refractivity contribution in [1.82, 2.24) is 0 Å². The molecule has 1 saturated carbocycles. The summed E-state index contributed by atoms with van der Waals surface area (Å²) < 4.78 is 51.8. The summed E-state index contributed by atoms with van der Waals surface area (Å²) in [5, 5.41) is 0. The number of rotatable bonds is 8. The van der Waals surface area contributed by atoms with E-state index in [1.807, 2.05) is 24.3 Å². The van der Waals surface area contributed by atoms with Crippen molar-refractivity contribution in [3.8, 4) is 0 Å². The lowest BCUT2D eigenvalue weighted by atomic mass is 9.80. The van der Waals surface area contributed by atoms with Gasteiger partial charge in [0.05, 0.1) is 15.4 Å². The first-order valence-corrected chi connectivity index (χ1v) is 14.5. The molecule has 32 heavy (non-hydrogen) atoms. The fourth-order valence-corrected chi connectivity index (χ4v) is 6.70. The van der Waals surface area contributed by atoms with Crippen LogP contribution in [0, 0.1) is 11.8 Å². The second-order valence-electron chi connectivity index (χ2n) is 9.93. The van der Waals surface area contributed by atoms with Crippen LogP contribution >= 0.6 is 0 Å². The van der Waals surface area contributed by atoms with Gasteiger partial charge >= 0.3 is 0 Å². The number of anilines is 1. The molecule has 0 saturated heterocycles. The Labute approximate surface area is 193 Å². The standard InChI is InChI=1S/C25H35NO4S2/c1-25(2,3)31(27,28)19-22-13-11-20(12-14-22)9-10-21-15-17-23(18-16-21)26-32(29,30)24-7-5-4-6-8-24/h4-8,15-18,20,22,26H,9-14,19H2,1-3H3. The van der Waals surface area contributed by atoms with Crippen molar-refractivity contribution in [2.45, 2.75) is 68.9 Å². The summed E-state index contributed by atoms with van der Waals surface area (Å²) in [5.41, 5.74) is 1.74. The van der Waals surface area contributed by atoms with Gasteiger partial charge < -0.3 is 0 Å². The first-order chi connectivity index (χ1) is 15.0. The van der Waals surface area contributed by atoms with Gasteiger partial charge in [-0.25, -0.2) is 16.8 Å². The molecular formula is C25H35NO4S2. The minimum atomic E-state index is -3.58. The predicted octanol–water partition coefficient (Wildman–Crippen LogP) is 5.44. The Morgan fingerprint density at radius 3 is 1.94 bits per heavy atom. The highest BCUT2D eigenvalue weighted by Crippen LogP contribution is 2.34. The molecule has 0 bridgehead atoms. The van der Waals surface area contributed by atoms with Crippen LogP contribution in [0.15, 0.2) is 59.5 Å². The van der Waals surface area contributed by atoms with Crippen molar-refractivity contribution >= 4 is 25.5 Å². The molecule has 0 amide bonds. The molecule has 2 aromatic rings. The average Bonchev–Trinajstić information content (AvgIpc) is 2.74. The van der Waals surface area contributed by atoms with Crippen LogP contribution in [0.2, 0.25) is 0 Å². The Kier molecular flexibility index (Phi) is 7.71. The van der Waals surface area contributed by atoms with E-state index >= 15 is 0 Å². The molecule has 1 aliphatic rings. The number of benzene rings is 2. The maximum absolute atomic E-state index is 12.5. The molecule has 2 aromatic carbocycles. The van der Waals surface area contributed by atoms with E-state index in [2.05, 4.69) is 4.72 Å². The van der Waals surface area contributed by atoms with E-state index in [1.165, 1.54) is 5.56 Å². The van der Waals surface area contributed by atoms with Crippen molar-refractivity contribution in [3.63, 3.8) is 0 Å². The second-order valence-corrected chi connectivity index (χ2v) is 14.4. The lowest BCUT2D eigenvalue weighted by molar-refractivity contribution is 0.278. The van der Waals surface area contributed by atoms with Gasteiger partial charge in [-0.2, -0.15) is 0 Å². The molecule has 5 nitrogen and oxygen atoms in total. The second kappa shape index (κ2) is 9.96. The molecule has 0 aliphatic heterocycles. The van der Waals surface area contributed by atoms with E-state index in [0.29, 0.717) is 17.4 Å². The van der Waals surface area contributed by atoms with E-state index in [9.17, 15) is 16.8 Å². The van der Waals surface area contributed by atoms with Crippen LogP contribution in [-0.2, 0) is 26.3 Å². The zero-order chi connectivity index (χ0) is 23.4. The molecule has 7 heteroatoms. The highest BCUT2D eigenvalue weighted by atomic mass is 32.2. The quantitative estimate of drug-likeness (QED) is 0.549. The zero-order valence-corrected chi connectivity index (χ0v) is 20.9. The van der Waals surface area contributed by atoms with Crippen molar-refractivity contribution in [2.24, 2.45) is 11.8 Å². The first kappa shape index (κ1) is 24.8. The number of hydrogen-bond donors (Lipinski definition) is 1. The van der Waals surface area contributed by atoms with Crippen LogP contribution in [0.5, 0.6) is 0 Å². The summed E-state index contributed by atoms with van der Waals surface area (Å²) in [6.07, 6.45) is 6.16. The maximum atomic E-state index is 12.5.